The van der Waals surface area contributed by atoms with Crippen LogP contribution in [0.15, 0.2) is 22.7 Å². The number of hydrogen-bond acceptors (Lipinski definition) is 1. The Morgan fingerprint density at radius 3 is 2.59 bits per heavy atom. The summed E-state index contributed by atoms with van der Waals surface area (Å²) in [6.07, 6.45) is 1.07. The Morgan fingerprint density at radius 2 is 2.06 bits per heavy atom. The van der Waals surface area contributed by atoms with Gasteiger partial charge in [0, 0.05) is 16.1 Å². The van der Waals surface area contributed by atoms with E-state index in [1.807, 2.05) is 25.1 Å². The van der Waals surface area contributed by atoms with E-state index in [-0.39, 0.29) is 11.9 Å². The second kappa shape index (κ2) is 6.20. The number of benzene rings is 1. The molecule has 3 heteroatoms. The normalized spacial score (nSPS) is 14.2. The lowest BCUT2D eigenvalue weighted by molar-refractivity contribution is 0.0928. The van der Waals surface area contributed by atoms with Crippen LogP contribution < -0.4 is 5.32 Å². The van der Waals surface area contributed by atoms with Crippen molar-refractivity contribution in [3.05, 3.63) is 33.8 Å². The molecular weight excluding hydrogens is 278 g/mol. The Kier molecular flexibility index (Phi) is 5.19. The van der Waals surface area contributed by atoms with Gasteiger partial charge in [-0.25, -0.2) is 0 Å². The van der Waals surface area contributed by atoms with Gasteiger partial charge >= 0.3 is 0 Å². The minimum Gasteiger partial charge on any atom is -0.349 e. The van der Waals surface area contributed by atoms with Gasteiger partial charge in [0.25, 0.3) is 5.91 Å². The van der Waals surface area contributed by atoms with Crippen molar-refractivity contribution < 1.29 is 4.79 Å². The number of carbonyl (C=O) groups is 1. The number of nitrogens with one attached hydrogen (secondary N) is 1. The Hall–Kier alpha value is -0.830. The van der Waals surface area contributed by atoms with E-state index < -0.39 is 0 Å². The van der Waals surface area contributed by atoms with Gasteiger partial charge < -0.3 is 5.32 Å². The maximum atomic E-state index is 12.0. The third kappa shape index (κ3) is 3.84. The summed E-state index contributed by atoms with van der Waals surface area (Å²) >= 11 is 3.43. The van der Waals surface area contributed by atoms with Crippen molar-refractivity contribution in [1.82, 2.24) is 5.32 Å². The molecule has 0 aliphatic heterocycles. The fourth-order valence-corrected chi connectivity index (χ4v) is 1.82. The molecule has 2 unspecified atom stereocenters. The molecule has 0 heterocycles. The molecule has 0 saturated carbocycles. The predicted octanol–water partition coefficient (Wildman–Crippen LogP) is 3.92. The van der Waals surface area contributed by atoms with E-state index in [0.717, 1.165) is 22.0 Å². The lowest BCUT2D eigenvalue weighted by Gasteiger charge is -2.20. The molecule has 1 aromatic rings. The number of carbonyl (C=O) groups excluding carboxylic acids is 1. The van der Waals surface area contributed by atoms with Gasteiger partial charge in [0.1, 0.15) is 0 Å². The van der Waals surface area contributed by atoms with E-state index in [2.05, 4.69) is 42.0 Å². The second-order valence-electron chi connectivity index (χ2n) is 4.61. The van der Waals surface area contributed by atoms with Gasteiger partial charge in [-0.1, -0.05) is 36.2 Å². The van der Waals surface area contributed by atoms with Crippen LogP contribution in [0.5, 0.6) is 0 Å². The number of halogens is 1. The summed E-state index contributed by atoms with van der Waals surface area (Å²) in [7, 11) is 0. The molecule has 1 aromatic carbocycles. The highest BCUT2D eigenvalue weighted by Gasteiger charge is 2.14. The van der Waals surface area contributed by atoms with E-state index in [0.29, 0.717) is 5.92 Å². The summed E-state index contributed by atoms with van der Waals surface area (Å²) in [5.41, 5.74) is 1.80. The van der Waals surface area contributed by atoms with Gasteiger partial charge in [-0.2, -0.15) is 0 Å². The first-order chi connectivity index (χ1) is 7.95. The Labute approximate surface area is 112 Å². The SMILES string of the molecule is CCC(C)C(C)NC(=O)c1ccc(Br)c(C)c1. The quantitative estimate of drug-likeness (QED) is 0.896. The highest BCUT2D eigenvalue weighted by atomic mass is 79.9. The molecule has 0 aliphatic rings. The van der Waals surface area contributed by atoms with Gasteiger partial charge in [0.05, 0.1) is 0 Å². The van der Waals surface area contributed by atoms with Crippen LogP contribution in [0.1, 0.15) is 43.1 Å². The Morgan fingerprint density at radius 1 is 1.41 bits per heavy atom. The van der Waals surface area contributed by atoms with Crippen molar-refractivity contribution in [3.63, 3.8) is 0 Å². The third-order valence-corrected chi connectivity index (χ3v) is 4.17. The summed E-state index contributed by atoms with van der Waals surface area (Å²) in [4.78, 5) is 12.0. The van der Waals surface area contributed by atoms with Crippen LogP contribution in [-0.4, -0.2) is 11.9 Å². The van der Waals surface area contributed by atoms with Crippen molar-refractivity contribution in [2.75, 3.05) is 0 Å². The van der Waals surface area contributed by atoms with Gasteiger partial charge in [-0.05, 0) is 43.5 Å². The molecule has 0 spiro atoms. The molecule has 2 atom stereocenters. The van der Waals surface area contributed by atoms with E-state index in [4.69, 9.17) is 0 Å². The molecule has 94 valence electrons. The fraction of sp³-hybridized carbons (Fsp3) is 0.500. The average molecular weight is 298 g/mol. The first-order valence-corrected chi connectivity index (χ1v) is 6.82. The van der Waals surface area contributed by atoms with Gasteiger partial charge in [-0.3, -0.25) is 4.79 Å². The van der Waals surface area contributed by atoms with Crippen molar-refractivity contribution in [2.24, 2.45) is 5.92 Å². The van der Waals surface area contributed by atoms with Crippen LogP contribution in [0.2, 0.25) is 0 Å². The van der Waals surface area contributed by atoms with Gasteiger partial charge in [0.2, 0.25) is 0 Å². The highest BCUT2D eigenvalue weighted by Crippen LogP contribution is 2.17. The maximum Gasteiger partial charge on any atom is 0.251 e. The molecule has 2 nitrogen and oxygen atoms in total. The van der Waals surface area contributed by atoms with Crippen LogP contribution in [-0.2, 0) is 0 Å². The molecular formula is C14H20BrNO. The molecule has 0 aromatic heterocycles. The van der Waals surface area contributed by atoms with E-state index >= 15 is 0 Å². The number of hydrogen-bond donors (Lipinski definition) is 1. The second-order valence-corrected chi connectivity index (χ2v) is 5.47. The zero-order valence-corrected chi connectivity index (χ0v) is 12.5. The molecule has 1 amide bonds. The summed E-state index contributed by atoms with van der Waals surface area (Å²) in [6, 6.07) is 5.87. The minimum absolute atomic E-state index is 0.00778. The van der Waals surface area contributed by atoms with Crippen LogP contribution >= 0.6 is 15.9 Å². The topological polar surface area (TPSA) is 29.1 Å². The van der Waals surface area contributed by atoms with Gasteiger partial charge in [0.15, 0.2) is 0 Å². The molecule has 0 saturated heterocycles. The third-order valence-electron chi connectivity index (χ3n) is 3.28. The largest absolute Gasteiger partial charge is 0.349 e. The first-order valence-electron chi connectivity index (χ1n) is 6.02. The molecule has 17 heavy (non-hydrogen) atoms. The summed E-state index contributed by atoms with van der Waals surface area (Å²) in [5.74, 6) is 0.504. The predicted molar refractivity (Wildman–Crippen MR) is 75.3 cm³/mol. The molecule has 1 N–H and O–H groups in total. The van der Waals surface area contributed by atoms with Crippen LogP contribution in [0.4, 0.5) is 0 Å². The molecule has 0 fully saturated rings. The summed E-state index contributed by atoms with van der Waals surface area (Å²) in [6.45, 7) is 8.33. The zero-order valence-electron chi connectivity index (χ0n) is 10.9. The summed E-state index contributed by atoms with van der Waals surface area (Å²) < 4.78 is 1.03. The average Bonchev–Trinajstić information content (AvgIpc) is 2.31. The molecule has 0 aliphatic carbocycles. The lowest BCUT2D eigenvalue weighted by atomic mass is 10.0. The number of aryl methyl sites for hydroxylation is 1. The Bertz CT molecular complexity index is 403. The Balaban J connectivity index is 2.73. The van der Waals surface area contributed by atoms with Crippen molar-refractivity contribution in [1.29, 1.82) is 0 Å². The van der Waals surface area contributed by atoms with Crippen molar-refractivity contribution >= 4 is 21.8 Å². The fourth-order valence-electron chi connectivity index (χ4n) is 1.57. The lowest BCUT2D eigenvalue weighted by Crippen LogP contribution is -2.36. The highest BCUT2D eigenvalue weighted by molar-refractivity contribution is 9.10. The smallest absolute Gasteiger partial charge is 0.251 e. The maximum absolute atomic E-state index is 12.0. The first kappa shape index (κ1) is 14.2. The summed E-state index contributed by atoms with van der Waals surface area (Å²) in [5, 5.41) is 3.04. The zero-order chi connectivity index (χ0) is 13.0. The van der Waals surface area contributed by atoms with Crippen molar-refractivity contribution in [3.8, 4) is 0 Å². The van der Waals surface area contributed by atoms with Gasteiger partial charge in [-0.15, -0.1) is 0 Å². The molecule has 1 rings (SSSR count). The monoisotopic (exact) mass is 297 g/mol. The number of amides is 1. The van der Waals surface area contributed by atoms with Crippen LogP contribution in [0, 0.1) is 12.8 Å². The van der Waals surface area contributed by atoms with E-state index in [9.17, 15) is 4.79 Å². The standard InChI is InChI=1S/C14H20BrNO/c1-5-9(2)11(4)16-14(17)12-6-7-13(15)10(3)8-12/h6-9,11H,5H2,1-4H3,(H,16,17). The minimum atomic E-state index is 0.00778. The molecule has 0 bridgehead atoms. The van der Waals surface area contributed by atoms with Crippen LogP contribution in [0.25, 0.3) is 0 Å². The van der Waals surface area contributed by atoms with E-state index in [1.54, 1.807) is 0 Å². The van der Waals surface area contributed by atoms with Crippen LogP contribution in [0.3, 0.4) is 0 Å². The molecule has 0 radical (unpaired) electrons. The van der Waals surface area contributed by atoms with Crippen molar-refractivity contribution in [2.45, 2.75) is 40.2 Å². The van der Waals surface area contributed by atoms with E-state index in [1.165, 1.54) is 0 Å². The number of rotatable bonds is 4.